The van der Waals surface area contributed by atoms with Crippen molar-refractivity contribution in [3.05, 3.63) is 51.5 Å². The first-order valence-electron chi connectivity index (χ1n) is 9.48. The first-order valence-corrected chi connectivity index (χ1v) is 11.7. The molecule has 1 aliphatic rings. The summed E-state index contributed by atoms with van der Waals surface area (Å²) in [5.41, 5.74) is 3.36. The second-order valence-electron chi connectivity index (χ2n) is 7.29. The molecular weight excluding hydrogens is 456 g/mol. The third-order valence-corrected chi connectivity index (χ3v) is 7.32. The molecule has 0 atom stereocenters. The third-order valence-electron chi connectivity index (χ3n) is 4.97. The van der Waals surface area contributed by atoms with E-state index in [1.165, 1.54) is 10.4 Å². The Bertz CT molecular complexity index is 1010. The van der Waals surface area contributed by atoms with Gasteiger partial charge in [0.2, 0.25) is 10.0 Å². The van der Waals surface area contributed by atoms with Crippen LogP contribution in [-0.2, 0) is 14.8 Å². The molecule has 0 unspecified atom stereocenters. The van der Waals surface area contributed by atoms with Crippen molar-refractivity contribution in [2.45, 2.75) is 38.5 Å². The average Bonchev–Trinajstić information content (AvgIpc) is 3.19. The van der Waals surface area contributed by atoms with Crippen molar-refractivity contribution >= 4 is 37.5 Å². The lowest BCUT2D eigenvalue weighted by atomic mass is 10.1. The van der Waals surface area contributed by atoms with E-state index in [2.05, 4.69) is 21.2 Å². The molecule has 0 spiro atoms. The van der Waals surface area contributed by atoms with Crippen LogP contribution in [0.25, 0.3) is 0 Å². The predicted molar refractivity (Wildman–Crippen MR) is 117 cm³/mol. The van der Waals surface area contributed by atoms with E-state index >= 15 is 0 Å². The van der Waals surface area contributed by atoms with Crippen molar-refractivity contribution in [2.24, 2.45) is 0 Å². The molecule has 1 amide bonds. The van der Waals surface area contributed by atoms with Gasteiger partial charge in [0, 0.05) is 23.2 Å². The van der Waals surface area contributed by atoms with Crippen LogP contribution in [0.2, 0.25) is 0 Å². The van der Waals surface area contributed by atoms with Crippen molar-refractivity contribution in [2.75, 3.05) is 25.0 Å². The summed E-state index contributed by atoms with van der Waals surface area (Å²) >= 11 is 3.44. The summed E-state index contributed by atoms with van der Waals surface area (Å²) in [6.45, 7) is 6.60. The number of halogens is 1. The Morgan fingerprint density at radius 3 is 2.28 bits per heavy atom. The van der Waals surface area contributed by atoms with Gasteiger partial charge in [-0.05, 0) is 80.6 Å². The van der Waals surface area contributed by atoms with Crippen LogP contribution in [0.15, 0.2) is 39.7 Å². The molecule has 29 heavy (non-hydrogen) atoms. The summed E-state index contributed by atoms with van der Waals surface area (Å²) in [5.74, 6) is 0.219. The van der Waals surface area contributed by atoms with E-state index in [9.17, 15) is 13.2 Å². The average molecular weight is 481 g/mol. The van der Waals surface area contributed by atoms with Gasteiger partial charge in [-0.3, -0.25) is 4.79 Å². The number of carbonyl (C=O) groups excluding carboxylic acids is 1. The number of ether oxygens (including phenoxy) is 1. The van der Waals surface area contributed by atoms with Crippen molar-refractivity contribution in [3.8, 4) is 5.75 Å². The molecular formula is C21H25BrN2O4S. The highest BCUT2D eigenvalue weighted by molar-refractivity contribution is 9.10. The SMILES string of the molecule is Cc1cc(S(=O)(=O)N2CCCC2)ccc1OCC(=O)Nc1c(C)cc(Br)cc1C. The van der Waals surface area contributed by atoms with Gasteiger partial charge in [-0.25, -0.2) is 8.42 Å². The zero-order chi connectivity index (χ0) is 21.2. The van der Waals surface area contributed by atoms with Crippen LogP contribution in [0, 0.1) is 20.8 Å². The number of sulfonamides is 1. The van der Waals surface area contributed by atoms with Crippen molar-refractivity contribution in [1.29, 1.82) is 0 Å². The number of nitrogens with zero attached hydrogens (tertiary/aromatic N) is 1. The van der Waals surface area contributed by atoms with E-state index in [0.29, 0.717) is 24.4 Å². The van der Waals surface area contributed by atoms with E-state index in [1.54, 1.807) is 19.1 Å². The Morgan fingerprint density at radius 2 is 1.69 bits per heavy atom. The third kappa shape index (κ3) is 4.99. The number of carbonyl (C=O) groups is 1. The molecule has 8 heteroatoms. The van der Waals surface area contributed by atoms with E-state index in [4.69, 9.17) is 4.74 Å². The maximum atomic E-state index is 12.7. The number of aryl methyl sites for hydroxylation is 3. The number of anilines is 1. The molecule has 3 rings (SSSR count). The van der Waals surface area contributed by atoms with Crippen LogP contribution in [-0.4, -0.2) is 38.3 Å². The van der Waals surface area contributed by atoms with Crippen LogP contribution < -0.4 is 10.1 Å². The smallest absolute Gasteiger partial charge is 0.262 e. The summed E-state index contributed by atoms with van der Waals surface area (Å²) in [6, 6.07) is 8.63. The van der Waals surface area contributed by atoms with Crippen molar-refractivity contribution < 1.29 is 17.9 Å². The van der Waals surface area contributed by atoms with Gasteiger partial charge in [0.15, 0.2) is 6.61 Å². The number of nitrogens with one attached hydrogen (secondary N) is 1. The summed E-state index contributed by atoms with van der Waals surface area (Å²) < 4.78 is 33.5. The van der Waals surface area contributed by atoms with Crippen LogP contribution in [0.3, 0.4) is 0 Å². The maximum Gasteiger partial charge on any atom is 0.262 e. The first kappa shape index (κ1) is 21.8. The molecule has 156 valence electrons. The summed E-state index contributed by atoms with van der Waals surface area (Å²) in [7, 11) is -3.47. The zero-order valence-corrected chi connectivity index (χ0v) is 19.2. The van der Waals surface area contributed by atoms with Crippen LogP contribution in [0.5, 0.6) is 5.75 Å². The quantitative estimate of drug-likeness (QED) is 0.672. The number of hydrogen-bond acceptors (Lipinski definition) is 4. The molecule has 1 N–H and O–H groups in total. The molecule has 1 heterocycles. The normalized spacial score (nSPS) is 14.8. The molecule has 1 aliphatic heterocycles. The van der Waals surface area contributed by atoms with Crippen LogP contribution in [0.1, 0.15) is 29.5 Å². The standard InChI is InChI=1S/C21H25BrN2O4S/c1-14-12-18(29(26,27)24-8-4-5-9-24)6-7-19(14)28-13-20(25)23-21-15(2)10-17(22)11-16(21)3/h6-7,10-12H,4-5,8-9,13H2,1-3H3,(H,23,25). The van der Waals surface area contributed by atoms with Crippen LogP contribution in [0.4, 0.5) is 5.69 Å². The highest BCUT2D eigenvalue weighted by atomic mass is 79.9. The number of benzene rings is 2. The lowest BCUT2D eigenvalue weighted by Crippen LogP contribution is -2.28. The summed E-state index contributed by atoms with van der Waals surface area (Å²) in [5, 5.41) is 2.88. The molecule has 1 fully saturated rings. The lowest BCUT2D eigenvalue weighted by Gasteiger charge is -2.17. The highest BCUT2D eigenvalue weighted by Crippen LogP contribution is 2.27. The summed E-state index contributed by atoms with van der Waals surface area (Å²) in [6.07, 6.45) is 1.79. The van der Waals surface area contributed by atoms with Gasteiger partial charge in [-0.2, -0.15) is 4.31 Å². The molecule has 2 aromatic rings. The Morgan fingerprint density at radius 1 is 1.07 bits per heavy atom. The van der Waals surface area contributed by atoms with Crippen molar-refractivity contribution in [3.63, 3.8) is 0 Å². The van der Waals surface area contributed by atoms with Gasteiger partial charge in [0.25, 0.3) is 5.91 Å². The van der Waals surface area contributed by atoms with E-state index in [-0.39, 0.29) is 17.4 Å². The molecule has 0 radical (unpaired) electrons. The fraction of sp³-hybridized carbons (Fsp3) is 0.381. The highest BCUT2D eigenvalue weighted by Gasteiger charge is 2.27. The Balaban J connectivity index is 1.66. The molecule has 0 aliphatic carbocycles. The fourth-order valence-corrected chi connectivity index (χ4v) is 5.74. The largest absolute Gasteiger partial charge is 0.483 e. The molecule has 0 saturated carbocycles. The number of rotatable bonds is 6. The molecule has 1 saturated heterocycles. The van der Waals surface area contributed by atoms with Gasteiger partial charge in [-0.15, -0.1) is 0 Å². The monoisotopic (exact) mass is 480 g/mol. The predicted octanol–water partition coefficient (Wildman–Crippen LogP) is 4.18. The second-order valence-corrected chi connectivity index (χ2v) is 10.1. The first-order chi connectivity index (χ1) is 13.7. The number of hydrogen-bond donors (Lipinski definition) is 1. The minimum atomic E-state index is -3.47. The Kier molecular flexibility index (Phi) is 6.65. The molecule has 2 aromatic carbocycles. The van der Waals surface area contributed by atoms with E-state index in [1.807, 2.05) is 26.0 Å². The van der Waals surface area contributed by atoms with E-state index in [0.717, 1.165) is 34.1 Å². The minimum Gasteiger partial charge on any atom is -0.483 e. The number of amides is 1. The van der Waals surface area contributed by atoms with Gasteiger partial charge in [0.05, 0.1) is 4.90 Å². The van der Waals surface area contributed by atoms with Gasteiger partial charge < -0.3 is 10.1 Å². The molecule has 6 nitrogen and oxygen atoms in total. The van der Waals surface area contributed by atoms with Gasteiger partial charge >= 0.3 is 0 Å². The minimum absolute atomic E-state index is 0.159. The summed E-state index contributed by atoms with van der Waals surface area (Å²) in [4.78, 5) is 12.6. The van der Waals surface area contributed by atoms with Crippen LogP contribution >= 0.6 is 15.9 Å². The topological polar surface area (TPSA) is 75.7 Å². The lowest BCUT2D eigenvalue weighted by molar-refractivity contribution is -0.118. The molecule has 0 aromatic heterocycles. The fourth-order valence-electron chi connectivity index (χ4n) is 3.45. The maximum absolute atomic E-state index is 12.7. The Labute approximate surface area is 180 Å². The zero-order valence-electron chi connectivity index (χ0n) is 16.8. The second kappa shape index (κ2) is 8.85. The van der Waals surface area contributed by atoms with Crippen molar-refractivity contribution in [1.82, 2.24) is 4.31 Å². The Hall–Kier alpha value is -1.90. The van der Waals surface area contributed by atoms with E-state index < -0.39 is 10.0 Å². The van der Waals surface area contributed by atoms with Gasteiger partial charge in [0.1, 0.15) is 5.75 Å². The van der Waals surface area contributed by atoms with Gasteiger partial charge in [-0.1, -0.05) is 15.9 Å². The molecule has 0 bridgehead atoms.